The van der Waals surface area contributed by atoms with Gasteiger partial charge in [0.15, 0.2) is 6.10 Å². The van der Waals surface area contributed by atoms with E-state index < -0.39 is 34.5 Å². The minimum atomic E-state index is -3.88. The van der Waals surface area contributed by atoms with Crippen LogP contribution in [0.3, 0.4) is 0 Å². The fourth-order valence-electron chi connectivity index (χ4n) is 2.35. The molecule has 2 aromatic carbocycles. The van der Waals surface area contributed by atoms with E-state index in [4.69, 9.17) is 4.74 Å². The smallest absolute Gasteiger partial charge is 0.321 e. The zero-order chi connectivity index (χ0) is 21.6. The van der Waals surface area contributed by atoms with Crippen molar-refractivity contribution in [2.75, 3.05) is 6.54 Å². The number of ether oxygens (including phenoxy) is 1. The van der Waals surface area contributed by atoms with E-state index in [2.05, 4.69) is 10.0 Å². The zero-order valence-electron chi connectivity index (χ0n) is 16.4. The van der Waals surface area contributed by atoms with Gasteiger partial charge in [-0.3, -0.25) is 9.59 Å². The van der Waals surface area contributed by atoms with Gasteiger partial charge in [-0.05, 0) is 61.7 Å². The summed E-state index contributed by atoms with van der Waals surface area (Å²) in [5, 5.41) is 2.56. The van der Waals surface area contributed by atoms with Gasteiger partial charge in [0, 0.05) is 6.54 Å². The molecule has 0 saturated heterocycles. The first kappa shape index (κ1) is 22.5. The number of amides is 1. The Morgan fingerprint density at radius 3 is 2.34 bits per heavy atom. The van der Waals surface area contributed by atoms with Gasteiger partial charge < -0.3 is 10.1 Å². The molecule has 1 atom stereocenters. The molecule has 2 rings (SSSR count). The summed E-state index contributed by atoms with van der Waals surface area (Å²) >= 11 is 0. The van der Waals surface area contributed by atoms with Crippen LogP contribution in [0.15, 0.2) is 47.4 Å². The van der Waals surface area contributed by atoms with Gasteiger partial charge in [-0.15, -0.1) is 0 Å². The van der Waals surface area contributed by atoms with Crippen LogP contribution < -0.4 is 10.0 Å². The molecule has 0 bridgehead atoms. The standard InChI is InChI=1S/C20H23FN2O5S/c1-13-4-9-18(10-14(13)2)29(26,27)23-12-19(24)28-15(3)20(25)22-11-16-5-7-17(21)8-6-16/h4-10,15,23H,11-12H2,1-3H3,(H,22,25)/t15-/m1/s1. The normalized spacial score (nSPS) is 12.3. The van der Waals surface area contributed by atoms with Crippen LogP contribution in [0.25, 0.3) is 0 Å². The third-order valence-corrected chi connectivity index (χ3v) is 5.65. The minimum absolute atomic E-state index is 0.0403. The summed E-state index contributed by atoms with van der Waals surface area (Å²) in [6.07, 6.45) is -1.12. The van der Waals surface area contributed by atoms with E-state index in [0.29, 0.717) is 5.56 Å². The number of nitrogens with one attached hydrogen (secondary N) is 2. The summed E-state index contributed by atoms with van der Waals surface area (Å²) < 4.78 is 44.5. The van der Waals surface area contributed by atoms with Gasteiger partial charge in [0.2, 0.25) is 10.0 Å². The summed E-state index contributed by atoms with van der Waals surface area (Å²) in [5.41, 5.74) is 2.44. The van der Waals surface area contributed by atoms with Crippen molar-refractivity contribution in [2.45, 2.75) is 38.3 Å². The SMILES string of the molecule is Cc1ccc(S(=O)(=O)NCC(=O)O[C@H](C)C(=O)NCc2ccc(F)cc2)cc1C. The molecular weight excluding hydrogens is 399 g/mol. The average molecular weight is 422 g/mol. The summed E-state index contributed by atoms with van der Waals surface area (Å²) in [6.45, 7) is 4.55. The first-order valence-corrected chi connectivity index (χ1v) is 10.4. The number of benzene rings is 2. The van der Waals surface area contributed by atoms with Crippen molar-refractivity contribution in [1.29, 1.82) is 0 Å². The number of halogens is 1. The summed E-state index contributed by atoms with van der Waals surface area (Å²) in [7, 11) is -3.88. The lowest BCUT2D eigenvalue weighted by Crippen LogP contribution is -2.38. The van der Waals surface area contributed by atoms with Gasteiger partial charge in [0.1, 0.15) is 12.4 Å². The third kappa shape index (κ3) is 6.65. The van der Waals surface area contributed by atoms with E-state index in [1.165, 1.54) is 43.3 Å². The molecule has 2 aromatic rings. The predicted octanol–water partition coefficient (Wildman–Crippen LogP) is 1.97. The van der Waals surface area contributed by atoms with Gasteiger partial charge in [0.25, 0.3) is 5.91 Å². The fraction of sp³-hybridized carbons (Fsp3) is 0.300. The highest BCUT2D eigenvalue weighted by atomic mass is 32.2. The van der Waals surface area contributed by atoms with E-state index in [1.807, 2.05) is 6.92 Å². The molecule has 0 radical (unpaired) electrons. The number of hydrogen-bond donors (Lipinski definition) is 2. The molecule has 156 valence electrons. The molecule has 9 heteroatoms. The summed E-state index contributed by atoms with van der Waals surface area (Å²) in [6, 6.07) is 10.2. The maximum absolute atomic E-state index is 12.9. The Labute approximate surface area is 169 Å². The number of hydrogen-bond acceptors (Lipinski definition) is 5. The number of aryl methyl sites for hydroxylation is 2. The van der Waals surface area contributed by atoms with E-state index in [9.17, 15) is 22.4 Å². The lowest BCUT2D eigenvalue weighted by molar-refractivity contribution is -0.153. The Bertz CT molecular complexity index is 990. The van der Waals surface area contributed by atoms with Crippen LogP contribution in [0, 0.1) is 19.7 Å². The second kappa shape index (κ2) is 9.62. The molecule has 0 aliphatic heterocycles. The second-order valence-corrected chi connectivity index (χ2v) is 8.31. The maximum Gasteiger partial charge on any atom is 0.321 e. The second-order valence-electron chi connectivity index (χ2n) is 6.55. The Kier molecular flexibility index (Phi) is 7.46. The van der Waals surface area contributed by atoms with Crippen LogP contribution in [0.1, 0.15) is 23.6 Å². The van der Waals surface area contributed by atoms with Crippen molar-refractivity contribution in [3.05, 3.63) is 65.0 Å². The van der Waals surface area contributed by atoms with Crippen molar-refractivity contribution in [3.8, 4) is 0 Å². The Hall–Kier alpha value is -2.78. The van der Waals surface area contributed by atoms with E-state index in [1.54, 1.807) is 13.0 Å². The first-order valence-electron chi connectivity index (χ1n) is 8.87. The van der Waals surface area contributed by atoms with Crippen molar-refractivity contribution in [3.63, 3.8) is 0 Å². The van der Waals surface area contributed by atoms with Crippen molar-refractivity contribution in [2.24, 2.45) is 0 Å². The zero-order valence-corrected chi connectivity index (χ0v) is 17.2. The molecule has 7 nitrogen and oxygen atoms in total. The van der Waals surface area contributed by atoms with Crippen LogP contribution in [0.4, 0.5) is 4.39 Å². The molecule has 2 N–H and O–H groups in total. The highest BCUT2D eigenvalue weighted by molar-refractivity contribution is 7.89. The van der Waals surface area contributed by atoms with E-state index in [-0.39, 0.29) is 17.3 Å². The third-order valence-electron chi connectivity index (χ3n) is 4.25. The lowest BCUT2D eigenvalue weighted by atomic mass is 10.1. The number of carbonyl (C=O) groups is 2. The lowest BCUT2D eigenvalue weighted by Gasteiger charge is -2.14. The maximum atomic E-state index is 12.9. The van der Waals surface area contributed by atoms with Gasteiger partial charge >= 0.3 is 5.97 Å². The van der Waals surface area contributed by atoms with E-state index in [0.717, 1.165) is 11.1 Å². The molecule has 0 saturated carbocycles. The molecule has 1 amide bonds. The molecule has 0 aliphatic rings. The molecule has 0 aromatic heterocycles. The van der Waals surface area contributed by atoms with Crippen LogP contribution >= 0.6 is 0 Å². The van der Waals surface area contributed by atoms with Gasteiger partial charge in [0.05, 0.1) is 4.90 Å². The van der Waals surface area contributed by atoms with E-state index >= 15 is 0 Å². The molecule has 0 fully saturated rings. The van der Waals surface area contributed by atoms with Gasteiger partial charge in [-0.2, -0.15) is 4.72 Å². The number of esters is 1. The van der Waals surface area contributed by atoms with Crippen molar-refractivity contribution in [1.82, 2.24) is 10.0 Å². The van der Waals surface area contributed by atoms with Crippen LogP contribution in [-0.2, 0) is 30.9 Å². The van der Waals surface area contributed by atoms with Gasteiger partial charge in [-0.25, -0.2) is 12.8 Å². The van der Waals surface area contributed by atoms with Crippen molar-refractivity contribution < 1.29 is 27.1 Å². The topological polar surface area (TPSA) is 102 Å². The fourth-order valence-corrected chi connectivity index (χ4v) is 3.40. The Morgan fingerprint density at radius 2 is 1.72 bits per heavy atom. The molecule has 0 spiro atoms. The number of sulfonamides is 1. The van der Waals surface area contributed by atoms with Gasteiger partial charge in [-0.1, -0.05) is 18.2 Å². The highest BCUT2D eigenvalue weighted by Gasteiger charge is 2.20. The molecule has 0 heterocycles. The Balaban J connectivity index is 1.83. The van der Waals surface area contributed by atoms with Crippen LogP contribution in [0.2, 0.25) is 0 Å². The number of carbonyl (C=O) groups excluding carboxylic acids is 2. The molecule has 0 unspecified atom stereocenters. The average Bonchev–Trinajstić information content (AvgIpc) is 2.67. The molecule has 0 aliphatic carbocycles. The Morgan fingerprint density at radius 1 is 1.07 bits per heavy atom. The van der Waals surface area contributed by atoms with Crippen LogP contribution in [0.5, 0.6) is 0 Å². The summed E-state index contributed by atoms with van der Waals surface area (Å²) in [4.78, 5) is 23.9. The molecule has 29 heavy (non-hydrogen) atoms. The first-order chi connectivity index (χ1) is 13.6. The number of rotatable bonds is 8. The van der Waals surface area contributed by atoms with Crippen molar-refractivity contribution >= 4 is 21.9 Å². The van der Waals surface area contributed by atoms with Crippen LogP contribution in [-0.4, -0.2) is 32.9 Å². The molecular formula is C20H23FN2O5S. The largest absolute Gasteiger partial charge is 0.452 e. The highest BCUT2D eigenvalue weighted by Crippen LogP contribution is 2.14. The monoisotopic (exact) mass is 422 g/mol. The quantitative estimate of drug-likeness (QED) is 0.634. The summed E-state index contributed by atoms with van der Waals surface area (Å²) in [5.74, 6) is -1.83. The predicted molar refractivity (Wildman–Crippen MR) is 105 cm³/mol. The minimum Gasteiger partial charge on any atom is -0.452 e.